The van der Waals surface area contributed by atoms with Crippen LogP contribution in [0.1, 0.15) is 45.2 Å². The lowest BCUT2D eigenvalue weighted by Crippen LogP contribution is -2.34. The van der Waals surface area contributed by atoms with E-state index >= 15 is 0 Å². The van der Waals surface area contributed by atoms with Gasteiger partial charge in [0.25, 0.3) is 0 Å². The van der Waals surface area contributed by atoms with Gasteiger partial charge in [-0.3, -0.25) is 15.3 Å². The molecule has 2 aromatic rings. The fraction of sp³-hybridized carbons (Fsp3) is 0.333. The number of ether oxygens (including phenoxy) is 1. The third kappa shape index (κ3) is 4.61. The maximum absolute atomic E-state index is 6.17. The SMILES string of the molecule is C=CC1=CC=COC(c2cccnc2)=C1C1C[C@]1(C)/C(C#CC)=N/C1(NCc2ccccc2)C(C)[C@H]1C. The van der Waals surface area contributed by atoms with Gasteiger partial charge in [-0.1, -0.05) is 75.8 Å². The molecule has 0 bridgehead atoms. The highest BCUT2D eigenvalue weighted by Crippen LogP contribution is 2.62. The van der Waals surface area contributed by atoms with Crippen molar-refractivity contribution in [2.24, 2.45) is 28.2 Å². The van der Waals surface area contributed by atoms with Crippen LogP contribution in [0.4, 0.5) is 0 Å². The van der Waals surface area contributed by atoms with Gasteiger partial charge in [0, 0.05) is 53.2 Å². The average Bonchev–Trinajstić information content (AvgIpc) is 3.78. The summed E-state index contributed by atoms with van der Waals surface area (Å²) in [5, 5.41) is 3.80. The summed E-state index contributed by atoms with van der Waals surface area (Å²) in [7, 11) is 0. The molecule has 3 aliphatic rings. The van der Waals surface area contributed by atoms with Crippen LogP contribution in [-0.4, -0.2) is 16.4 Å². The second kappa shape index (κ2) is 10.00. The standard InChI is InChI=1S/C33H35N3O/c1-6-13-29(36-33(23(3)24(33)4)35-21-25-14-9-8-10-15-25)32(5)20-28(32)30-26(7-2)17-12-19-37-31(30)27-16-11-18-34-22-27/h7-12,14-19,22-24,28,35H,2,20-21H2,1,3-5H3/b36-29+/t23-,24?,28?,32+,33?/m1/s1. The molecule has 188 valence electrons. The Hall–Kier alpha value is -3.68. The molecule has 2 aliphatic carbocycles. The number of rotatable bonds is 8. The highest BCUT2D eigenvalue weighted by Gasteiger charge is 2.62. The van der Waals surface area contributed by atoms with E-state index < -0.39 is 0 Å². The average molecular weight is 490 g/mol. The molecule has 1 N–H and O–H groups in total. The molecule has 1 aromatic carbocycles. The summed E-state index contributed by atoms with van der Waals surface area (Å²) >= 11 is 0. The molecule has 1 aromatic heterocycles. The number of hydrogen-bond donors (Lipinski definition) is 1. The number of benzene rings is 1. The van der Waals surface area contributed by atoms with Crippen molar-refractivity contribution in [2.75, 3.05) is 0 Å². The van der Waals surface area contributed by atoms with E-state index in [0.29, 0.717) is 11.8 Å². The molecule has 0 radical (unpaired) electrons. The molecule has 5 rings (SSSR count). The maximum atomic E-state index is 6.17. The normalized spacial score (nSPS) is 30.4. The molecule has 2 saturated carbocycles. The molecule has 2 heterocycles. The number of allylic oxidation sites excluding steroid dienone is 5. The van der Waals surface area contributed by atoms with Gasteiger partial charge in [-0.05, 0) is 42.7 Å². The number of pyridine rings is 1. The van der Waals surface area contributed by atoms with Crippen molar-refractivity contribution in [1.82, 2.24) is 10.3 Å². The summed E-state index contributed by atoms with van der Waals surface area (Å²) in [6, 6.07) is 14.5. The van der Waals surface area contributed by atoms with E-state index in [4.69, 9.17) is 9.73 Å². The van der Waals surface area contributed by atoms with Crippen LogP contribution in [0, 0.1) is 35.0 Å². The second-order valence-corrected chi connectivity index (χ2v) is 10.5. The zero-order chi connectivity index (χ0) is 26.0. The molecule has 4 nitrogen and oxygen atoms in total. The fourth-order valence-electron chi connectivity index (χ4n) is 5.60. The van der Waals surface area contributed by atoms with Crippen molar-refractivity contribution in [1.29, 1.82) is 0 Å². The van der Waals surface area contributed by atoms with E-state index in [-0.39, 0.29) is 17.0 Å². The molecule has 0 spiro atoms. The van der Waals surface area contributed by atoms with E-state index in [0.717, 1.165) is 41.1 Å². The highest BCUT2D eigenvalue weighted by molar-refractivity contribution is 6.07. The summed E-state index contributed by atoms with van der Waals surface area (Å²) in [5.74, 6) is 8.48. The molecule has 0 amide bonds. The van der Waals surface area contributed by atoms with Gasteiger partial charge in [0.05, 0.1) is 12.0 Å². The maximum Gasteiger partial charge on any atom is 0.139 e. The number of aliphatic imine (C=N–C) groups is 1. The first-order valence-electron chi connectivity index (χ1n) is 13.1. The lowest BCUT2D eigenvalue weighted by atomic mass is 9.89. The van der Waals surface area contributed by atoms with Gasteiger partial charge < -0.3 is 4.74 Å². The minimum absolute atomic E-state index is 0.189. The minimum atomic E-state index is -0.301. The molecule has 0 saturated heterocycles. The predicted molar refractivity (Wildman–Crippen MR) is 151 cm³/mol. The molecule has 3 unspecified atom stereocenters. The minimum Gasteiger partial charge on any atom is -0.464 e. The molecule has 5 atom stereocenters. The predicted octanol–water partition coefficient (Wildman–Crippen LogP) is 6.71. The Morgan fingerprint density at radius 2 is 2.00 bits per heavy atom. The zero-order valence-corrected chi connectivity index (χ0v) is 22.2. The Labute approximate surface area is 221 Å². The molecule has 2 fully saturated rings. The summed E-state index contributed by atoms with van der Waals surface area (Å²) in [5.41, 5.74) is 4.90. The molecule has 4 heteroatoms. The van der Waals surface area contributed by atoms with Crippen molar-refractivity contribution < 1.29 is 4.74 Å². The van der Waals surface area contributed by atoms with Gasteiger partial charge in [-0.2, -0.15) is 0 Å². The van der Waals surface area contributed by atoms with Crippen molar-refractivity contribution in [3.63, 3.8) is 0 Å². The quantitative estimate of drug-likeness (QED) is 0.331. The lowest BCUT2D eigenvalue weighted by Gasteiger charge is -2.21. The van der Waals surface area contributed by atoms with E-state index in [1.807, 2.05) is 37.4 Å². The van der Waals surface area contributed by atoms with Gasteiger partial charge in [-0.25, -0.2) is 0 Å². The van der Waals surface area contributed by atoms with E-state index in [1.165, 1.54) is 5.56 Å². The number of aromatic nitrogens is 1. The third-order valence-electron chi connectivity index (χ3n) is 8.35. The van der Waals surface area contributed by atoms with Gasteiger partial charge in [-0.15, -0.1) is 5.92 Å². The van der Waals surface area contributed by atoms with Gasteiger partial charge in [0.1, 0.15) is 11.4 Å². The summed E-state index contributed by atoms with van der Waals surface area (Å²) < 4.78 is 6.17. The first kappa shape index (κ1) is 25.0. The molecular formula is C33H35N3O. The first-order chi connectivity index (χ1) is 17.9. The van der Waals surface area contributed by atoms with E-state index in [9.17, 15) is 0 Å². The zero-order valence-electron chi connectivity index (χ0n) is 22.2. The highest BCUT2D eigenvalue weighted by atomic mass is 16.5. The van der Waals surface area contributed by atoms with Crippen LogP contribution < -0.4 is 5.32 Å². The summed E-state index contributed by atoms with van der Waals surface area (Å²) in [6.45, 7) is 13.6. The summed E-state index contributed by atoms with van der Waals surface area (Å²) in [6.07, 6.45) is 12.2. The Morgan fingerprint density at radius 3 is 2.65 bits per heavy atom. The Balaban J connectivity index is 1.52. The van der Waals surface area contributed by atoms with Gasteiger partial charge >= 0.3 is 0 Å². The van der Waals surface area contributed by atoms with Crippen molar-refractivity contribution >= 4 is 11.5 Å². The van der Waals surface area contributed by atoms with E-state index in [1.54, 1.807) is 12.5 Å². The Kier molecular flexibility index (Phi) is 6.75. The largest absolute Gasteiger partial charge is 0.464 e. The van der Waals surface area contributed by atoms with Crippen LogP contribution in [-0.2, 0) is 11.3 Å². The number of nitrogens with one attached hydrogen (secondary N) is 1. The first-order valence-corrected chi connectivity index (χ1v) is 13.1. The van der Waals surface area contributed by atoms with Gasteiger partial charge in [0.2, 0.25) is 0 Å². The van der Waals surface area contributed by atoms with Crippen LogP contribution in [0.2, 0.25) is 0 Å². The third-order valence-corrected chi connectivity index (χ3v) is 8.35. The van der Waals surface area contributed by atoms with Crippen LogP contribution in [0.3, 0.4) is 0 Å². The lowest BCUT2D eigenvalue weighted by molar-refractivity contribution is 0.431. The number of nitrogens with zero attached hydrogens (tertiary/aromatic N) is 2. The van der Waals surface area contributed by atoms with Crippen LogP contribution >= 0.6 is 0 Å². The Morgan fingerprint density at radius 1 is 1.22 bits per heavy atom. The molecule has 1 aliphatic heterocycles. The monoisotopic (exact) mass is 489 g/mol. The Bertz CT molecular complexity index is 1350. The van der Waals surface area contributed by atoms with Crippen molar-refractivity contribution in [2.45, 2.75) is 46.3 Å². The van der Waals surface area contributed by atoms with Crippen LogP contribution in [0.25, 0.3) is 5.76 Å². The van der Waals surface area contributed by atoms with Crippen LogP contribution in [0.5, 0.6) is 0 Å². The fourth-order valence-corrected chi connectivity index (χ4v) is 5.60. The molecular weight excluding hydrogens is 454 g/mol. The van der Waals surface area contributed by atoms with Crippen molar-refractivity contribution in [3.05, 3.63) is 108 Å². The van der Waals surface area contributed by atoms with Crippen LogP contribution in [0.15, 0.2) is 102 Å². The van der Waals surface area contributed by atoms with Gasteiger partial charge in [0.15, 0.2) is 0 Å². The second-order valence-electron chi connectivity index (χ2n) is 10.5. The number of hydrogen-bond acceptors (Lipinski definition) is 4. The molecule has 37 heavy (non-hydrogen) atoms. The smallest absolute Gasteiger partial charge is 0.139 e. The van der Waals surface area contributed by atoms with E-state index in [2.05, 4.69) is 85.9 Å². The summed E-state index contributed by atoms with van der Waals surface area (Å²) in [4.78, 5) is 9.77. The topological polar surface area (TPSA) is 46.5 Å². The van der Waals surface area contributed by atoms with Crippen molar-refractivity contribution in [3.8, 4) is 11.8 Å².